The van der Waals surface area contributed by atoms with Crippen LogP contribution in [0.2, 0.25) is 0 Å². The third-order valence-electron chi connectivity index (χ3n) is 4.22. The topological polar surface area (TPSA) is 85.4 Å². The van der Waals surface area contributed by atoms with Gasteiger partial charge in [0, 0.05) is 5.38 Å². The molecule has 0 bridgehead atoms. The summed E-state index contributed by atoms with van der Waals surface area (Å²) in [7, 11) is -3.67. The van der Waals surface area contributed by atoms with Crippen molar-refractivity contribution in [2.24, 2.45) is 0 Å². The van der Waals surface area contributed by atoms with Gasteiger partial charge in [-0.15, -0.1) is 11.3 Å². The van der Waals surface area contributed by atoms with Gasteiger partial charge in [-0.3, -0.25) is 4.79 Å². The molecule has 1 aromatic heterocycles. The molecule has 3 rings (SSSR count). The molecule has 0 spiro atoms. The monoisotopic (exact) mass is 380 g/mol. The molecule has 0 unspecified atom stereocenters. The van der Waals surface area contributed by atoms with E-state index in [0.717, 1.165) is 25.0 Å². The minimum Gasteiger partial charge on any atom is -0.486 e. The number of amides is 1. The fourth-order valence-corrected chi connectivity index (χ4v) is 4.92. The predicted molar refractivity (Wildman–Crippen MR) is 96.1 cm³/mol. The SMILES string of the molecule is O=C(NS(=O)(=O)C1CCCCC1)c1ccccc1OCc1cscn1. The third-order valence-corrected chi connectivity index (χ3v) is 6.67. The van der Waals surface area contributed by atoms with Crippen LogP contribution in [-0.2, 0) is 16.6 Å². The first-order valence-corrected chi connectivity index (χ1v) is 10.7. The number of hydrogen-bond donors (Lipinski definition) is 1. The molecule has 0 saturated heterocycles. The number of carbonyl (C=O) groups is 1. The lowest BCUT2D eigenvalue weighted by Gasteiger charge is -2.22. The van der Waals surface area contributed by atoms with Crippen LogP contribution in [0, 0.1) is 0 Å². The van der Waals surface area contributed by atoms with E-state index in [0.29, 0.717) is 18.6 Å². The van der Waals surface area contributed by atoms with Crippen molar-refractivity contribution in [3.63, 3.8) is 0 Å². The van der Waals surface area contributed by atoms with E-state index in [1.165, 1.54) is 11.3 Å². The highest BCUT2D eigenvalue weighted by molar-refractivity contribution is 7.90. The number of carbonyl (C=O) groups excluding carboxylic acids is 1. The smallest absolute Gasteiger partial charge is 0.268 e. The summed E-state index contributed by atoms with van der Waals surface area (Å²) in [5, 5.41) is 1.37. The van der Waals surface area contributed by atoms with Gasteiger partial charge >= 0.3 is 0 Å². The van der Waals surface area contributed by atoms with Crippen molar-refractivity contribution >= 4 is 27.3 Å². The summed E-state index contributed by atoms with van der Waals surface area (Å²) in [6.07, 6.45) is 4.02. The molecule has 1 heterocycles. The van der Waals surface area contributed by atoms with Crippen LogP contribution in [0.4, 0.5) is 0 Å². The van der Waals surface area contributed by atoms with E-state index in [4.69, 9.17) is 4.74 Å². The van der Waals surface area contributed by atoms with Crippen molar-refractivity contribution in [2.75, 3.05) is 0 Å². The van der Waals surface area contributed by atoms with Crippen LogP contribution in [0.25, 0.3) is 0 Å². The Hall–Kier alpha value is -1.93. The molecule has 6 nitrogen and oxygen atoms in total. The second kappa shape index (κ2) is 7.97. The Labute approximate surface area is 151 Å². The van der Waals surface area contributed by atoms with Crippen molar-refractivity contribution in [1.29, 1.82) is 0 Å². The van der Waals surface area contributed by atoms with Gasteiger partial charge in [0.1, 0.15) is 12.4 Å². The van der Waals surface area contributed by atoms with Gasteiger partial charge in [0.15, 0.2) is 0 Å². The Balaban J connectivity index is 1.71. The van der Waals surface area contributed by atoms with Gasteiger partial charge in [0.2, 0.25) is 10.0 Å². The van der Waals surface area contributed by atoms with E-state index in [1.807, 2.05) is 5.38 Å². The molecule has 1 N–H and O–H groups in total. The van der Waals surface area contributed by atoms with Crippen molar-refractivity contribution < 1.29 is 17.9 Å². The van der Waals surface area contributed by atoms with E-state index < -0.39 is 21.2 Å². The molecule has 25 heavy (non-hydrogen) atoms. The summed E-state index contributed by atoms with van der Waals surface area (Å²) in [6, 6.07) is 6.62. The number of rotatable bonds is 6. The number of nitrogens with one attached hydrogen (secondary N) is 1. The molecule has 1 amide bonds. The maximum atomic E-state index is 12.5. The number of nitrogens with zero attached hydrogens (tertiary/aromatic N) is 1. The minimum absolute atomic E-state index is 0.206. The Morgan fingerprint density at radius 2 is 2.00 bits per heavy atom. The second-order valence-electron chi connectivity index (χ2n) is 6.00. The summed E-state index contributed by atoms with van der Waals surface area (Å²) in [5.41, 5.74) is 2.67. The fraction of sp³-hybridized carbons (Fsp3) is 0.412. The zero-order chi connectivity index (χ0) is 17.7. The van der Waals surface area contributed by atoms with Gasteiger partial charge < -0.3 is 4.74 Å². The largest absolute Gasteiger partial charge is 0.486 e. The Morgan fingerprint density at radius 3 is 2.72 bits per heavy atom. The molecule has 8 heteroatoms. The maximum absolute atomic E-state index is 12.5. The number of ether oxygens (including phenoxy) is 1. The maximum Gasteiger partial charge on any atom is 0.268 e. The first kappa shape index (κ1) is 17.9. The average Bonchev–Trinajstić information content (AvgIpc) is 3.14. The number of benzene rings is 1. The summed E-state index contributed by atoms with van der Waals surface area (Å²) >= 11 is 1.46. The molecule has 1 aliphatic carbocycles. The summed E-state index contributed by atoms with van der Waals surface area (Å²) < 4.78 is 32.8. The summed E-state index contributed by atoms with van der Waals surface area (Å²) in [6.45, 7) is 0.225. The van der Waals surface area contributed by atoms with Crippen LogP contribution in [0.3, 0.4) is 0 Å². The average molecular weight is 380 g/mol. The Morgan fingerprint density at radius 1 is 1.24 bits per heavy atom. The number of aromatic nitrogens is 1. The molecule has 1 saturated carbocycles. The van der Waals surface area contributed by atoms with E-state index >= 15 is 0 Å². The zero-order valence-corrected chi connectivity index (χ0v) is 15.3. The number of sulfonamides is 1. The molecule has 1 fully saturated rings. The normalized spacial score (nSPS) is 15.7. The first-order valence-electron chi connectivity index (χ1n) is 8.21. The number of para-hydroxylation sites is 1. The number of thiazole rings is 1. The summed E-state index contributed by atoms with van der Waals surface area (Å²) in [5.74, 6) is -0.314. The predicted octanol–water partition coefficient (Wildman–Crippen LogP) is 3.11. The number of hydrogen-bond acceptors (Lipinski definition) is 6. The van der Waals surface area contributed by atoms with Crippen molar-refractivity contribution in [3.8, 4) is 5.75 Å². The zero-order valence-electron chi connectivity index (χ0n) is 13.7. The van der Waals surface area contributed by atoms with Gasteiger partial charge in [0.25, 0.3) is 5.91 Å². The third kappa shape index (κ3) is 4.58. The minimum atomic E-state index is -3.67. The van der Waals surface area contributed by atoms with Crippen molar-refractivity contribution in [1.82, 2.24) is 9.71 Å². The molecule has 1 aromatic carbocycles. The lowest BCUT2D eigenvalue weighted by atomic mass is 10.0. The van der Waals surface area contributed by atoms with Crippen LogP contribution in [0.15, 0.2) is 35.2 Å². The van der Waals surface area contributed by atoms with Gasteiger partial charge in [-0.2, -0.15) is 0 Å². The van der Waals surface area contributed by atoms with E-state index in [2.05, 4.69) is 9.71 Å². The Bertz CT molecular complexity index is 813. The molecule has 2 aromatic rings. The lowest BCUT2D eigenvalue weighted by Crippen LogP contribution is -2.39. The van der Waals surface area contributed by atoms with E-state index in [1.54, 1.807) is 29.8 Å². The highest BCUT2D eigenvalue weighted by atomic mass is 32.2. The quantitative estimate of drug-likeness (QED) is 0.832. The van der Waals surface area contributed by atoms with Gasteiger partial charge in [-0.1, -0.05) is 31.4 Å². The van der Waals surface area contributed by atoms with Crippen LogP contribution >= 0.6 is 11.3 Å². The van der Waals surface area contributed by atoms with Gasteiger partial charge in [-0.05, 0) is 25.0 Å². The molecule has 0 radical (unpaired) electrons. The van der Waals surface area contributed by atoms with Crippen LogP contribution < -0.4 is 9.46 Å². The van der Waals surface area contributed by atoms with E-state index in [-0.39, 0.29) is 12.2 Å². The van der Waals surface area contributed by atoms with Crippen LogP contribution in [0.5, 0.6) is 5.75 Å². The molecular formula is C17H20N2O4S2. The standard InChI is InChI=1S/C17H20N2O4S2/c20-17(19-25(21,22)14-6-2-1-3-7-14)15-8-4-5-9-16(15)23-10-13-11-24-12-18-13/h4-5,8-9,11-12,14H,1-3,6-7,10H2,(H,19,20). The molecule has 1 aliphatic rings. The van der Waals surface area contributed by atoms with E-state index in [9.17, 15) is 13.2 Å². The van der Waals surface area contributed by atoms with Crippen molar-refractivity contribution in [3.05, 3.63) is 46.4 Å². The van der Waals surface area contributed by atoms with Crippen molar-refractivity contribution in [2.45, 2.75) is 44.0 Å². The molecule has 0 aliphatic heterocycles. The molecule has 134 valence electrons. The van der Waals surface area contributed by atoms with Crippen LogP contribution in [-0.4, -0.2) is 24.6 Å². The second-order valence-corrected chi connectivity index (χ2v) is 8.68. The first-order chi connectivity index (χ1) is 12.1. The Kier molecular flexibility index (Phi) is 5.70. The molecular weight excluding hydrogens is 360 g/mol. The van der Waals surface area contributed by atoms with Crippen LogP contribution in [0.1, 0.15) is 48.2 Å². The molecule has 0 atom stereocenters. The summed E-state index contributed by atoms with van der Waals surface area (Å²) in [4.78, 5) is 16.6. The highest BCUT2D eigenvalue weighted by Gasteiger charge is 2.29. The highest BCUT2D eigenvalue weighted by Crippen LogP contribution is 2.24. The fourth-order valence-electron chi connectivity index (χ4n) is 2.88. The van der Waals surface area contributed by atoms with Gasteiger partial charge in [-0.25, -0.2) is 18.1 Å². The lowest BCUT2D eigenvalue weighted by molar-refractivity contribution is 0.0976. The van der Waals surface area contributed by atoms with Gasteiger partial charge in [0.05, 0.1) is 22.0 Å².